The Labute approximate surface area is 168 Å². The van der Waals surface area contributed by atoms with Crippen LogP contribution in [0, 0.1) is 5.41 Å². The van der Waals surface area contributed by atoms with Gasteiger partial charge in [0.1, 0.15) is 0 Å². The Morgan fingerprint density at radius 3 is 2.11 bits per heavy atom. The Kier molecular flexibility index (Phi) is 8.34. The highest BCUT2D eigenvalue weighted by Gasteiger charge is 2.45. The van der Waals surface area contributed by atoms with Gasteiger partial charge in [-0.15, -0.1) is 12.4 Å². The number of amides is 2. The number of likely N-dealkylation sites (N-methyl/N-ethyl adjacent to an activating group) is 2. The van der Waals surface area contributed by atoms with Crippen LogP contribution in [0.1, 0.15) is 38.5 Å². The first kappa shape index (κ1) is 22.4. The fraction of sp³-hybridized carbons (Fsp3) is 0.895. The van der Waals surface area contributed by atoms with Crippen molar-refractivity contribution in [3.05, 3.63) is 0 Å². The number of hydrogen-bond acceptors (Lipinski definition) is 5. The van der Waals surface area contributed by atoms with Crippen LogP contribution in [0.25, 0.3) is 0 Å². The number of carbonyl (C=O) groups is 2. The van der Waals surface area contributed by atoms with Gasteiger partial charge >= 0.3 is 0 Å². The Morgan fingerprint density at radius 2 is 1.63 bits per heavy atom. The number of halogens is 1. The predicted molar refractivity (Wildman–Crippen MR) is 105 cm³/mol. The summed E-state index contributed by atoms with van der Waals surface area (Å²) in [4.78, 5) is 29.5. The van der Waals surface area contributed by atoms with Gasteiger partial charge in [-0.25, -0.2) is 0 Å². The lowest BCUT2D eigenvalue weighted by Crippen LogP contribution is -2.48. The Morgan fingerprint density at radius 1 is 1.04 bits per heavy atom. The third-order valence-electron chi connectivity index (χ3n) is 5.96. The molecule has 1 N–H and O–H groups in total. The van der Waals surface area contributed by atoms with Crippen molar-refractivity contribution in [2.45, 2.75) is 50.7 Å². The van der Waals surface area contributed by atoms with Crippen molar-refractivity contribution in [1.82, 2.24) is 15.1 Å². The van der Waals surface area contributed by atoms with E-state index in [1.54, 1.807) is 9.80 Å². The summed E-state index contributed by atoms with van der Waals surface area (Å²) in [5.74, 6) is 0.0972. The second-order valence-corrected chi connectivity index (χ2v) is 8.11. The molecule has 0 saturated carbocycles. The molecule has 2 amide bonds. The van der Waals surface area contributed by atoms with E-state index in [9.17, 15) is 9.59 Å². The third-order valence-corrected chi connectivity index (χ3v) is 5.96. The summed E-state index contributed by atoms with van der Waals surface area (Å²) in [6.45, 7) is 4.14. The van der Waals surface area contributed by atoms with Crippen LogP contribution in [0.3, 0.4) is 0 Å². The molecule has 0 aromatic carbocycles. The predicted octanol–water partition coefficient (Wildman–Crippen LogP) is 1.05. The molecule has 0 bridgehead atoms. The van der Waals surface area contributed by atoms with Crippen molar-refractivity contribution in [2.24, 2.45) is 5.41 Å². The number of nitrogens with one attached hydrogen (secondary N) is 1. The van der Waals surface area contributed by atoms with Gasteiger partial charge in [0.25, 0.3) is 0 Å². The molecular weight excluding hydrogens is 370 g/mol. The summed E-state index contributed by atoms with van der Waals surface area (Å²) in [7, 11) is 3.66. The zero-order valence-electron chi connectivity index (χ0n) is 16.6. The average Bonchev–Trinajstić information content (AvgIpc) is 3.37. The molecule has 7 nitrogen and oxygen atoms in total. The van der Waals surface area contributed by atoms with E-state index < -0.39 is 5.41 Å². The maximum Gasteiger partial charge on any atom is 0.230 e. The molecule has 3 heterocycles. The van der Waals surface area contributed by atoms with Crippen molar-refractivity contribution in [3.8, 4) is 0 Å². The van der Waals surface area contributed by atoms with E-state index in [0.29, 0.717) is 26.1 Å². The summed E-state index contributed by atoms with van der Waals surface area (Å²) < 4.78 is 11.3. The molecule has 3 fully saturated rings. The van der Waals surface area contributed by atoms with Gasteiger partial charge in [0.15, 0.2) is 0 Å². The average molecular weight is 404 g/mol. The fourth-order valence-electron chi connectivity index (χ4n) is 4.35. The van der Waals surface area contributed by atoms with Gasteiger partial charge in [0.2, 0.25) is 11.8 Å². The molecule has 3 atom stereocenters. The molecule has 0 aromatic rings. The van der Waals surface area contributed by atoms with Crippen LogP contribution in [-0.2, 0) is 19.1 Å². The maximum atomic E-state index is 13.2. The fourth-order valence-corrected chi connectivity index (χ4v) is 4.35. The maximum absolute atomic E-state index is 13.2. The number of ether oxygens (including phenoxy) is 2. The topological polar surface area (TPSA) is 71.1 Å². The quantitative estimate of drug-likeness (QED) is 0.688. The normalized spacial score (nSPS) is 30.1. The molecule has 3 aliphatic rings. The van der Waals surface area contributed by atoms with E-state index in [4.69, 9.17) is 9.47 Å². The lowest BCUT2D eigenvalue weighted by molar-refractivity contribution is -0.147. The first-order valence-electron chi connectivity index (χ1n) is 9.94. The van der Waals surface area contributed by atoms with Gasteiger partial charge in [-0.1, -0.05) is 0 Å². The number of rotatable bonds is 7. The van der Waals surface area contributed by atoms with Crippen LogP contribution < -0.4 is 5.32 Å². The van der Waals surface area contributed by atoms with Crippen molar-refractivity contribution in [2.75, 3.05) is 53.5 Å². The summed E-state index contributed by atoms with van der Waals surface area (Å²) in [6.07, 6.45) is 5.38. The van der Waals surface area contributed by atoms with Gasteiger partial charge in [0.05, 0.1) is 17.6 Å². The number of carbonyl (C=O) groups excluding carboxylic acids is 2. The van der Waals surface area contributed by atoms with Gasteiger partial charge < -0.3 is 24.6 Å². The Hall–Kier alpha value is -0.890. The molecule has 3 aliphatic heterocycles. The second kappa shape index (κ2) is 10.0. The van der Waals surface area contributed by atoms with Crippen LogP contribution in [0.2, 0.25) is 0 Å². The molecule has 0 aromatic heterocycles. The molecule has 3 saturated heterocycles. The van der Waals surface area contributed by atoms with Crippen LogP contribution in [0.4, 0.5) is 0 Å². The second-order valence-electron chi connectivity index (χ2n) is 8.11. The van der Waals surface area contributed by atoms with E-state index in [-0.39, 0.29) is 42.9 Å². The summed E-state index contributed by atoms with van der Waals surface area (Å²) in [6, 6.07) is 0. The lowest BCUT2D eigenvalue weighted by Gasteiger charge is -2.34. The molecule has 0 aliphatic carbocycles. The van der Waals surface area contributed by atoms with E-state index in [2.05, 4.69) is 5.32 Å². The SMILES string of the molecule is CN(CC1CCCO1)C(=O)CC1(C(=O)N(C)CC2CCCO2)CCNC1.Cl. The first-order valence-corrected chi connectivity index (χ1v) is 9.94. The molecule has 8 heteroatoms. The zero-order chi connectivity index (χ0) is 18.6. The standard InChI is InChI=1S/C19H33N3O4.ClH/c1-21(12-15-5-3-9-25-15)17(23)11-19(7-8-20-14-19)18(24)22(2)13-16-6-4-10-26-16;/h15-16,20H,3-14H2,1-2H3;1H. The van der Waals surface area contributed by atoms with Gasteiger partial charge in [-0.3, -0.25) is 9.59 Å². The molecule has 0 radical (unpaired) electrons. The Balaban J connectivity index is 0.00000261. The largest absolute Gasteiger partial charge is 0.376 e. The van der Waals surface area contributed by atoms with E-state index >= 15 is 0 Å². The van der Waals surface area contributed by atoms with Crippen molar-refractivity contribution in [1.29, 1.82) is 0 Å². The Bertz CT molecular complexity index is 501. The van der Waals surface area contributed by atoms with E-state index in [1.165, 1.54) is 0 Å². The number of hydrogen-bond donors (Lipinski definition) is 1. The smallest absolute Gasteiger partial charge is 0.230 e. The third kappa shape index (κ3) is 5.56. The summed E-state index contributed by atoms with van der Waals surface area (Å²) in [5.41, 5.74) is -0.630. The zero-order valence-corrected chi connectivity index (χ0v) is 17.4. The highest BCUT2D eigenvalue weighted by Crippen LogP contribution is 2.33. The van der Waals surface area contributed by atoms with Crippen LogP contribution in [-0.4, -0.2) is 87.3 Å². The van der Waals surface area contributed by atoms with Crippen LogP contribution in [0.15, 0.2) is 0 Å². The van der Waals surface area contributed by atoms with E-state index in [0.717, 1.165) is 45.4 Å². The van der Waals surface area contributed by atoms with Gasteiger partial charge in [-0.2, -0.15) is 0 Å². The number of nitrogens with zero attached hydrogens (tertiary/aromatic N) is 2. The molecule has 3 rings (SSSR count). The lowest BCUT2D eigenvalue weighted by atomic mass is 9.81. The molecule has 3 unspecified atom stereocenters. The highest BCUT2D eigenvalue weighted by molar-refractivity contribution is 5.89. The van der Waals surface area contributed by atoms with Crippen LogP contribution in [0.5, 0.6) is 0 Å². The highest BCUT2D eigenvalue weighted by atomic mass is 35.5. The van der Waals surface area contributed by atoms with Gasteiger partial charge in [-0.05, 0) is 38.6 Å². The molecule has 27 heavy (non-hydrogen) atoms. The van der Waals surface area contributed by atoms with Crippen molar-refractivity contribution < 1.29 is 19.1 Å². The van der Waals surface area contributed by atoms with Gasteiger partial charge in [0, 0.05) is 53.4 Å². The van der Waals surface area contributed by atoms with Crippen LogP contribution >= 0.6 is 12.4 Å². The van der Waals surface area contributed by atoms with Crippen molar-refractivity contribution in [3.63, 3.8) is 0 Å². The molecule has 0 spiro atoms. The molecule has 156 valence electrons. The monoisotopic (exact) mass is 403 g/mol. The minimum absolute atomic E-state index is 0. The minimum atomic E-state index is -0.630. The molecular formula is C19H34ClN3O4. The first-order chi connectivity index (χ1) is 12.5. The minimum Gasteiger partial charge on any atom is -0.376 e. The van der Waals surface area contributed by atoms with Crippen molar-refractivity contribution >= 4 is 24.2 Å². The summed E-state index contributed by atoms with van der Waals surface area (Å²) in [5, 5.41) is 3.29. The summed E-state index contributed by atoms with van der Waals surface area (Å²) >= 11 is 0. The van der Waals surface area contributed by atoms with E-state index in [1.807, 2.05) is 14.1 Å².